The first-order valence-electron chi connectivity index (χ1n) is 6.62. The van der Waals surface area contributed by atoms with E-state index < -0.39 is 17.3 Å². The highest BCUT2D eigenvalue weighted by atomic mass is 79.9. The van der Waals surface area contributed by atoms with Crippen LogP contribution in [0.5, 0.6) is 0 Å². The summed E-state index contributed by atoms with van der Waals surface area (Å²) < 4.78 is 39.7. The van der Waals surface area contributed by atoms with Crippen molar-refractivity contribution in [1.29, 1.82) is 0 Å². The SMILES string of the molecule is OCC1(Nc2cc(Br)ccc2C(F)(F)F)CCCCC1. The summed E-state index contributed by atoms with van der Waals surface area (Å²) in [5.74, 6) is 0. The number of aliphatic hydroxyl groups excluding tert-OH is 1. The van der Waals surface area contributed by atoms with E-state index in [4.69, 9.17) is 0 Å². The Hall–Kier alpha value is -0.750. The van der Waals surface area contributed by atoms with Gasteiger partial charge < -0.3 is 10.4 Å². The third-order valence-corrected chi connectivity index (χ3v) is 4.29. The number of rotatable bonds is 3. The van der Waals surface area contributed by atoms with Crippen LogP contribution < -0.4 is 5.32 Å². The normalized spacial score (nSPS) is 18.9. The Labute approximate surface area is 124 Å². The Kier molecular flexibility index (Phi) is 4.64. The van der Waals surface area contributed by atoms with Gasteiger partial charge in [-0.25, -0.2) is 0 Å². The summed E-state index contributed by atoms with van der Waals surface area (Å²) in [5.41, 5.74) is -1.30. The lowest BCUT2D eigenvalue weighted by atomic mass is 9.82. The van der Waals surface area contributed by atoms with Crippen LogP contribution in [-0.4, -0.2) is 17.3 Å². The van der Waals surface area contributed by atoms with Crippen molar-refractivity contribution in [1.82, 2.24) is 0 Å². The van der Waals surface area contributed by atoms with Gasteiger partial charge in [0.1, 0.15) is 0 Å². The molecule has 1 aromatic carbocycles. The van der Waals surface area contributed by atoms with E-state index in [2.05, 4.69) is 21.2 Å². The third-order valence-electron chi connectivity index (χ3n) is 3.80. The molecule has 0 atom stereocenters. The Morgan fingerprint density at radius 3 is 2.40 bits per heavy atom. The van der Waals surface area contributed by atoms with E-state index in [1.807, 2.05) is 0 Å². The highest BCUT2D eigenvalue weighted by Crippen LogP contribution is 2.39. The van der Waals surface area contributed by atoms with E-state index in [-0.39, 0.29) is 12.3 Å². The fourth-order valence-electron chi connectivity index (χ4n) is 2.70. The van der Waals surface area contributed by atoms with Crippen molar-refractivity contribution in [3.63, 3.8) is 0 Å². The maximum absolute atomic E-state index is 13.0. The zero-order valence-electron chi connectivity index (χ0n) is 10.9. The zero-order valence-corrected chi connectivity index (χ0v) is 12.5. The Morgan fingerprint density at radius 2 is 1.85 bits per heavy atom. The van der Waals surface area contributed by atoms with Gasteiger partial charge in [0.2, 0.25) is 0 Å². The number of hydrogen-bond donors (Lipinski definition) is 2. The van der Waals surface area contributed by atoms with Crippen LogP contribution in [-0.2, 0) is 6.18 Å². The molecule has 6 heteroatoms. The summed E-state index contributed by atoms with van der Waals surface area (Å²) in [5, 5.41) is 12.6. The molecule has 20 heavy (non-hydrogen) atoms. The first-order chi connectivity index (χ1) is 9.36. The van der Waals surface area contributed by atoms with Gasteiger partial charge in [-0.05, 0) is 31.0 Å². The van der Waals surface area contributed by atoms with E-state index in [0.29, 0.717) is 17.3 Å². The molecular weight excluding hydrogens is 335 g/mol. The van der Waals surface area contributed by atoms with Gasteiger partial charge in [-0.1, -0.05) is 35.2 Å². The molecular formula is C14H17BrF3NO. The molecule has 2 rings (SSSR count). The number of benzene rings is 1. The molecule has 0 bridgehead atoms. The Balaban J connectivity index is 2.34. The zero-order chi connectivity index (χ0) is 14.8. The van der Waals surface area contributed by atoms with Crippen molar-refractivity contribution in [2.24, 2.45) is 0 Å². The van der Waals surface area contributed by atoms with Crippen molar-refractivity contribution in [3.05, 3.63) is 28.2 Å². The van der Waals surface area contributed by atoms with Crippen molar-refractivity contribution < 1.29 is 18.3 Å². The molecule has 1 aliphatic carbocycles. The van der Waals surface area contributed by atoms with Crippen LogP contribution in [0.15, 0.2) is 22.7 Å². The highest BCUT2D eigenvalue weighted by molar-refractivity contribution is 9.10. The summed E-state index contributed by atoms with van der Waals surface area (Å²) in [7, 11) is 0. The van der Waals surface area contributed by atoms with Gasteiger partial charge in [-0.2, -0.15) is 13.2 Å². The molecule has 0 amide bonds. The van der Waals surface area contributed by atoms with E-state index in [0.717, 1.165) is 25.3 Å². The fraction of sp³-hybridized carbons (Fsp3) is 0.571. The number of alkyl halides is 3. The van der Waals surface area contributed by atoms with E-state index in [1.54, 1.807) is 0 Å². The van der Waals surface area contributed by atoms with Gasteiger partial charge in [-0.15, -0.1) is 0 Å². The minimum Gasteiger partial charge on any atom is -0.394 e. The molecule has 1 saturated carbocycles. The highest BCUT2D eigenvalue weighted by Gasteiger charge is 2.37. The van der Waals surface area contributed by atoms with Crippen LogP contribution in [0.25, 0.3) is 0 Å². The minimum absolute atomic E-state index is 0.0304. The lowest BCUT2D eigenvalue weighted by Gasteiger charge is -2.38. The molecule has 2 N–H and O–H groups in total. The van der Waals surface area contributed by atoms with Gasteiger partial charge in [0.25, 0.3) is 0 Å². The van der Waals surface area contributed by atoms with Crippen molar-refractivity contribution in [3.8, 4) is 0 Å². The summed E-state index contributed by atoms with van der Waals surface area (Å²) in [4.78, 5) is 0. The lowest BCUT2D eigenvalue weighted by Crippen LogP contribution is -2.44. The van der Waals surface area contributed by atoms with Crippen LogP contribution in [0.1, 0.15) is 37.7 Å². The van der Waals surface area contributed by atoms with Gasteiger partial charge >= 0.3 is 6.18 Å². The van der Waals surface area contributed by atoms with Crippen molar-refractivity contribution >= 4 is 21.6 Å². The molecule has 1 aromatic rings. The molecule has 2 nitrogen and oxygen atoms in total. The molecule has 0 radical (unpaired) electrons. The van der Waals surface area contributed by atoms with Gasteiger partial charge in [0, 0.05) is 10.2 Å². The maximum atomic E-state index is 13.0. The van der Waals surface area contributed by atoms with Crippen LogP contribution in [0.3, 0.4) is 0 Å². The smallest absolute Gasteiger partial charge is 0.394 e. The molecule has 0 unspecified atom stereocenters. The summed E-state index contributed by atoms with van der Waals surface area (Å²) >= 11 is 3.20. The second-order valence-corrected chi connectivity index (χ2v) is 6.23. The first-order valence-corrected chi connectivity index (χ1v) is 7.41. The topological polar surface area (TPSA) is 32.3 Å². The third kappa shape index (κ3) is 3.47. The predicted octanol–water partition coefficient (Wildman–Crippen LogP) is 4.58. The van der Waals surface area contributed by atoms with Crippen LogP contribution >= 0.6 is 15.9 Å². The molecule has 112 valence electrons. The summed E-state index contributed by atoms with van der Waals surface area (Å²) in [6.45, 7) is -0.156. The largest absolute Gasteiger partial charge is 0.418 e. The Bertz CT molecular complexity index is 470. The fourth-order valence-corrected chi connectivity index (χ4v) is 3.07. The van der Waals surface area contributed by atoms with Crippen molar-refractivity contribution in [2.45, 2.75) is 43.8 Å². The summed E-state index contributed by atoms with van der Waals surface area (Å²) in [6.07, 6.45) is -0.130. The maximum Gasteiger partial charge on any atom is 0.418 e. The summed E-state index contributed by atoms with van der Waals surface area (Å²) in [6, 6.07) is 3.86. The number of anilines is 1. The number of nitrogens with one attached hydrogen (secondary N) is 1. The molecule has 1 fully saturated rings. The lowest BCUT2D eigenvalue weighted by molar-refractivity contribution is -0.137. The molecule has 0 aliphatic heterocycles. The van der Waals surface area contributed by atoms with Crippen LogP contribution in [0, 0.1) is 0 Å². The molecule has 0 saturated heterocycles. The van der Waals surface area contributed by atoms with E-state index in [1.165, 1.54) is 12.1 Å². The molecule has 0 aromatic heterocycles. The van der Waals surface area contributed by atoms with Gasteiger partial charge in [0.05, 0.1) is 17.7 Å². The van der Waals surface area contributed by atoms with E-state index in [9.17, 15) is 18.3 Å². The van der Waals surface area contributed by atoms with Gasteiger partial charge in [-0.3, -0.25) is 0 Å². The number of hydrogen-bond acceptors (Lipinski definition) is 2. The number of halogens is 4. The van der Waals surface area contributed by atoms with E-state index >= 15 is 0 Å². The van der Waals surface area contributed by atoms with Crippen LogP contribution in [0.4, 0.5) is 18.9 Å². The molecule has 0 heterocycles. The monoisotopic (exact) mass is 351 g/mol. The predicted molar refractivity (Wildman–Crippen MR) is 75.7 cm³/mol. The Morgan fingerprint density at radius 1 is 1.20 bits per heavy atom. The van der Waals surface area contributed by atoms with Gasteiger partial charge in [0.15, 0.2) is 0 Å². The second-order valence-electron chi connectivity index (χ2n) is 5.31. The average Bonchev–Trinajstić information content (AvgIpc) is 2.38. The first kappa shape index (κ1) is 15.6. The standard InChI is InChI=1S/C14H17BrF3NO/c15-10-4-5-11(14(16,17)18)12(8-10)19-13(9-20)6-2-1-3-7-13/h4-5,8,19-20H,1-3,6-7,9H2. The number of aliphatic hydroxyl groups is 1. The van der Waals surface area contributed by atoms with Crippen LogP contribution in [0.2, 0.25) is 0 Å². The average molecular weight is 352 g/mol. The quantitative estimate of drug-likeness (QED) is 0.835. The molecule has 1 aliphatic rings. The van der Waals surface area contributed by atoms with Crippen molar-refractivity contribution in [2.75, 3.05) is 11.9 Å². The molecule has 0 spiro atoms. The minimum atomic E-state index is -4.41. The second kappa shape index (κ2) is 5.93.